The molecule has 26 heavy (non-hydrogen) atoms. The Labute approximate surface area is 159 Å². The second-order valence-electron chi connectivity index (χ2n) is 7.65. The molecule has 0 bridgehead atoms. The Balaban J connectivity index is 0.000000412. The van der Waals surface area contributed by atoms with Gasteiger partial charge in [-0.3, -0.25) is 0 Å². The van der Waals surface area contributed by atoms with Crippen molar-refractivity contribution in [1.29, 1.82) is 0 Å². The predicted molar refractivity (Wildman–Crippen MR) is 106 cm³/mol. The van der Waals surface area contributed by atoms with Crippen molar-refractivity contribution in [3.8, 4) is 0 Å². The summed E-state index contributed by atoms with van der Waals surface area (Å²) in [7, 11) is 0. The lowest BCUT2D eigenvalue weighted by Gasteiger charge is -2.31. The van der Waals surface area contributed by atoms with Gasteiger partial charge in [0, 0.05) is 0 Å². The number of aliphatic imine (C=N–C) groups is 2. The average Bonchev–Trinajstić information content (AvgIpc) is 2.67. The first-order chi connectivity index (χ1) is 12.7. The Bertz CT molecular complexity index is 408. The fourth-order valence-electron chi connectivity index (χ4n) is 4.31. The fraction of sp³-hybridized carbons (Fsp3) is 0.905. The maximum Gasteiger partial charge on any atom is 0.235 e. The third-order valence-corrected chi connectivity index (χ3v) is 6.11. The van der Waals surface area contributed by atoms with Crippen molar-refractivity contribution in [2.24, 2.45) is 21.8 Å². The molecule has 5 heteroatoms. The third-order valence-electron chi connectivity index (χ3n) is 6.11. The van der Waals surface area contributed by atoms with Gasteiger partial charge in [-0.15, -0.1) is 0 Å². The fourth-order valence-corrected chi connectivity index (χ4v) is 4.31. The molecule has 2 rings (SSSR count). The molecule has 2 fully saturated rings. The molecule has 0 unspecified atom stereocenters. The lowest BCUT2D eigenvalue weighted by atomic mass is 9.76. The predicted octanol–water partition coefficient (Wildman–Crippen LogP) is 4.51. The number of rotatable bonds is 7. The van der Waals surface area contributed by atoms with E-state index >= 15 is 0 Å². The lowest BCUT2D eigenvalue weighted by molar-refractivity contribution is 0.226. The Morgan fingerprint density at radius 1 is 0.692 bits per heavy atom. The van der Waals surface area contributed by atoms with Crippen molar-refractivity contribution in [1.82, 2.24) is 4.90 Å². The van der Waals surface area contributed by atoms with Crippen LogP contribution in [0.1, 0.15) is 78.6 Å². The molecule has 0 N–H and O–H groups in total. The van der Waals surface area contributed by atoms with Crippen LogP contribution in [0, 0.1) is 11.8 Å². The van der Waals surface area contributed by atoms with Crippen molar-refractivity contribution in [2.75, 3.05) is 19.6 Å². The maximum absolute atomic E-state index is 10.2. The van der Waals surface area contributed by atoms with Crippen LogP contribution in [-0.4, -0.2) is 48.8 Å². The second-order valence-corrected chi connectivity index (χ2v) is 7.65. The normalized spacial score (nSPS) is 28.3. The van der Waals surface area contributed by atoms with Crippen molar-refractivity contribution in [3.63, 3.8) is 0 Å². The van der Waals surface area contributed by atoms with Crippen molar-refractivity contribution in [3.05, 3.63) is 0 Å². The Morgan fingerprint density at radius 2 is 1.04 bits per heavy atom. The summed E-state index contributed by atoms with van der Waals surface area (Å²) < 4.78 is 0. The van der Waals surface area contributed by atoms with Gasteiger partial charge in [0.15, 0.2) is 0 Å². The van der Waals surface area contributed by atoms with E-state index in [0.29, 0.717) is 0 Å². The minimum Gasteiger partial charge on any atom is -0.304 e. The molecule has 148 valence electrons. The molecule has 0 radical (unpaired) electrons. The zero-order valence-corrected chi connectivity index (χ0v) is 17.0. The van der Waals surface area contributed by atoms with Gasteiger partial charge in [0.1, 0.15) is 0 Å². The third kappa shape index (κ3) is 8.89. The van der Waals surface area contributed by atoms with Gasteiger partial charge < -0.3 is 4.90 Å². The van der Waals surface area contributed by atoms with Crippen LogP contribution in [-0.2, 0) is 9.59 Å². The molecule has 2 aliphatic carbocycles. The van der Waals surface area contributed by atoms with Crippen LogP contribution in [0.15, 0.2) is 9.98 Å². The molecular weight excluding hydrogens is 326 g/mol. The van der Waals surface area contributed by atoms with Crippen molar-refractivity contribution >= 4 is 12.2 Å². The largest absolute Gasteiger partial charge is 0.304 e. The molecule has 5 nitrogen and oxygen atoms in total. The highest BCUT2D eigenvalue weighted by atomic mass is 16.1. The minimum atomic E-state index is 0.228. The second kappa shape index (κ2) is 13.9. The zero-order chi connectivity index (χ0) is 19.2. The van der Waals surface area contributed by atoms with Crippen LogP contribution < -0.4 is 0 Å². The van der Waals surface area contributed by atoms with Gasteiger partial charge in [0.05, 0.1) is 12.1 Å². The summed E-state index contributed by atoms with van der Waals surface area (Å²) in [5, 5.41) is 0. The first kappa shape index (κ1) is 22.8. The molecule has 2 saturated carbocycles. The van der Waals surface area contributed by atoms with Crippen LogP contribution in [0.2, 0.25) is 0 Å². The quantitative estimate of drug-likeness (QED) is 0.494. The number of hydrogen-bond donors (Lipinski definition) is 0. The lowest BCUT2D eigenvalue weighted by Crippen LogP contribution is -2.23. The van der Waals surface area contributed by atoms with Gasteiger partial charge >= 0.3 is 0 Å². The minimum absolute atomic E-state index is 0.228. The molecule has 0 aromatic rings. The summed E-state index contributed by atoms with van der Waals surface area (Å²) in [6.07, 6.45) is 13.6. The monoisotopic (exact) mass is 363 g/mol. The Kier molecular flexibility index (Phi) is 12.1. The molecule has 0 amide bonds. The van der Waals surface area contributed by atoms with E-state index in [1.165, 1.54) is 51.7 Å². The van der Waals surface area contributed by atoms with Crippen molar-refractivity contribution < 1.29 is 9.59 Å². The number of carbonyl (C=O) groups excluding carboxylic acids is 2. The van der Waals surface area contributed by atoms with Gasteiger partial charge in [-0.1, -0.05) is 20.8 Å². The van der Waals surface area contributed by atoms with Crippen LogP contribution in [0.25, 0.3) is 0 Å². The van der Waals surface area contributed by atoms with E-state index in [-0.39, 0.29) is 12.1 Å². The molecular formula is C21H37N3O2. The standard InChI is InChI=1S/C15H22N2O2.C6H15N/c18-10-16-14-5-1-12(2-6-14)9-13-3-7-15(8-4-13)17-11-19;1-4-7(5-2)6-3/h12-15H,1-9H2;4-6H2,1-3H3. The Morgan fingerprint density at radius 3 is 1.27 bits per heavy atom. The van der Waals surface area contributed by atoms with Crippen LogP contribution in [0.5, 0.6) is 0 Å². The SMILES string of the molecule is CCN(CC)CC.O=C=NC1CCC(CC2CCC(N=C=O)CC2)CC1. The average molecular weight is 364 g/mol. The first-order valence-electron chi connectivity index (χ1n) is 10.5. The molecule has 2 aliphatic rings. The zero-order valence-electron chi connectivity index (χ0n) is 17.0. The summed E-state index contributed by atoms with van der Waals surface area (Å²) >= 11 is 0. The molecule has 0 aliphatic heterocycles. The van der Waals surface area contributed by atoms with E-state index in [0.717, 1.165) is 37.5 Å². The van der Waals surface area contributed by atoms with Gasteiger partial charge in [-0.2, -0.15) is 0 Å². The Hall–Kier alpha value is -1.28. The van der Waals surface area contributed by atoms with Gasteiger partial charge in [0.25, 0.3) is 0 Å². The van der Waals surface area contributed by atoms with Crippen LogP contribution in [0.3, 0.4) is 0 Å². The van der Waals surface area contributed by atoms with Crippen LogP contribution >= 0.6 is 0 Å². The number of hydrogen-bond acceptors (Lipinski definition) is 5. The maximum atomic E-state index is 10.2. The van der Waals surface area contributed by atoms with E-state index in [1.54, 1.807) is 12.2 Å². The highest BCUT2D eigenvalue weighted by Gasteiger charge is 2.26. The molecule has 0 atom stereocenters. The molecule has 0 heterocycles. The van der Waals surface area contributed by atoms with E-state index in [2.05, 4.69) is 35.7 Å². The summed E-state index contributed by atoms with van der Waals surface area (Å²) in [5.41, 5.74) is 0. The highest BCUT2D eigenvalue weighted by Crippen LogP contribution is 2.36. The molecule has 0 saturated heterocycles. The van der Waals surface area contributed by atoms with Gasteiger partial charge in [-0.05, 0) is 89.3 Å². The molecule has 0 aromatic heterocycles. The van der Waals surface area contributed by atoms with Gasteiger partial charge in [-0.25, -0.2) is 19.6 Å². The highest BCUT2D eigenvalue weighted by molar-refractivity contribution is 5.33. The van der Waals surface area contributed by atoms with Gasteiger partial charge in [0.2, 0.25) is 12.2 Å². The summed E-state index contributed by atoms with van der Waals surface area (Å²) in [4.78, 5) is 30.5. The molecule has 0 aromatic carbocycles. The smallest absolute Gasteiger partial charge is 0.235 e. The first-order valence-corrected chi connectivity index (χ1v) is 10.5. The summed E-state index contributed by atoms with van der Waals surface area (Å²) in [6.45, 7) is 10.1. The van der Waals surface area contributed by atoms with E-state index in [4.69, 9.17) is 0 Å². The summed E-state index contributed by atoms with van der Waals surface area (Å²) in [6, 6.07) is 0.456. The van der Waals surface area contributed by atoms with Crippen LogP contribution in [0.4, 0.5) is 0 Å². The topological polar surface area (TPSA) is 62.1 Å². The number of isocyanates is 2. The molecule has 0 spiro atoms. The van der Waals surface area contributed by atoms with Crippen molar-refractivity contribution in [2.45, 2.75) is 90.6 Å². The van der Waals surface area contributed by atoms with E-state index in [1.807, 2.05) is 0 Å². The summed E-state index contributed by atoms with van der Waals surface area (Å²) in [5.74, 6) is 1.60. The number of nitrogens with zero attached hydrogens (tertiary/aromatic N) is 3. The van der Waals surface area contributed by atoms with E-state index < -0.39 is 0 Å². The van der Waals surface area contributed by atoms with E-state index in [9.17, 15) is 9.59 Å².